The molecule has 0 fully saturated rings. The van der Waals surface area contributed by atoms with E-state index in [0.29, 0.717) is 0 Å². The Balaban J connectivity index is 0.00000121. The molecule has 0 saturated heterocycles. The van der Waals surface area contributed by atoms with Crippen molar-refractivity contribution in [1.82, 2.24) is 5.32 Å². The molecule has 17 heavy (non-hydrogen) atoms. The lowest BCUT2D eigenvalue weighted by Gasteiger charge is -2.27. The van der Waals surface area contributed by atoms with Crippen molar-refractivity contribution in [2.45, 2.75) is 47.1 Å². The normalized spacial score (nSPS) is 10.5. The maximum Gasteiger partial charge on any atom is 0.223 e. The molecule has 0 aromatic heterocycles. The summed E-state index contributed by atoms with van der Waals surface area (Å²) >= 11 is 0. The minimum Gasteiger partial charge on any atom is -0.347 e. The Hall–Kier alpha value is -1.31. The van der Waals surface area contributed by atoms with Gasteiger partial charge in [0.05, 0.1) is 5.54 Å². The molecule has 1 amide bonds. The third-order valence-electron chi connectivity index (χ3n) is 2.46. The van der Waals surface area contributed by atoms with E-state index in [9.17, 15) is 4.79 Å². The first-order chi connectivity index (χ1) is 7.93. The summed E-state index contributed by atoms with van der Waals surface area (Å²) in [5, 5.41) is 3.03. The van der Waals surface area contributed by atoms with Crippen molar-refractivity contribution in [3.05, 3.63) is 35.9 Å². The van der Waals surface area contributed by atoms with E-state index in [1.807, 2.05) is 71.9 Å². The summed E-state index contributed by atoms with van der Waals surface area (Å²) in [7, 11) is 0. The summed E-state index contributed by atoms with van der Waals surface area (Å²) in [5.41, 5.74) is 0.821. The number of carbonyl (C=O) groups is 1. The summed E-state index contributed by atoms with van der Waals surface area (Å²) in [4.78, 5) is 11.6. The highest BCUT2D eigenvalue weighted by atomic mass is 16.2. The van der Waals surface area contributed by atoms with E-state index in [1.54, 1.807) is 0 Å². The molecule has 1 aromatic rings. The van der Waals surface area contributed by atoms with Gasteiger partial charge in [0.15, 0.2) is 0 Å². The standard InChI is InChI=1S/C13H19NO.C2H6/c1-10(2)12(15)14-13(3,4)11-8-6-5-7-9-11;1-2/h5-10H,1-4H3,(H,14,15);1-2H3. The van der Waals surface area contributed by atoms with E-state index < -0.39 is 0 Å². The van der Waals surface area contributed by atoms with Gasteiger partial charge in [-0.15, -0.1) is 0 Å². The molecule has 1 N–H and O–H groups in total. The number of rotatable bonds is 3. The van der Waals surface area contributed by atoms with Gasteiger partial charge in [0.25, 0.3) is 0 Å². The van der Waals surface area contributed by atoms with E-state index in [0.717, 1.165) is 5.56 Å². The van der Waals surface area contributed by atoms with Crippen LogP contribution in [-0.4, -0.2) is 5.91 Å². The van der Waals surface area contributed by atoms with E-state index >= 15 is 0 Å². The van der Waals surface area contributed by atoms with Gasteiger partial charge in [0, 0.05) is 5.92 Å². The molecule has 1 aromatic carbocycles. The zero-order valence-corrected chi connectivity index (χ0v) is 11.9. The molecule has 2 nitrogen and oxygen atoms in total. The summed E-state index contributed by atoms with van der Waals surface area (Å²) < 4.78 is 0. The SMILES string of the molecule is CC.CC(C)C(=O)NC(C)(C)c1ccccc1. The van der Waals surface area contributed by atoms with Crippen LogP contribution in [0.15, 0.2) is 30.3 Å². The predicted molar refractivity (Wildman–Crippen MR) is 73.8 cm³/mol. The van der Waals surface area contributed by atoms with Crippen LogP contribution in [0, 0.1) is 5.92 Å². The van der Waals surface area contributed by atoms with Crippen LogP contribution < -0.4 is 5.32 Å². The van der Waals surface area contributed by atoms with Crippen LogP contribution >= 0.6 is 0 Å². The van der Waals surface area contributed by atoms with Gasteiger partial charge in [-0.2, -0.15) is 0 Å². The lowest BCUT2D eigenvalue weighted by molar-refractivity contribution is -0.125. The zero-order valence-electron chi connectivity index (χ0n) is 11.9. The van der Waals surface area contributed by atoms with Crippen molar-refractivity contribution in [1.29, 1.82) is 0 Å². The van der Waals surface area contributed by atoms with Gasteiger partial charge in [-0.3, -0.25) is 4.79 Å². The Morgan fingerprint density at radius 3 is 2.00 bits per heavy atom. The lowest BCUT2D eigenvalue weighted by Crippen LogP contribution is -2.42. The van der Waals surface area contributed by atoms with Crippen LogP contribution in [0.4, 0.5) is 0 Å². The zero-order chi connectivity index (χ0) is 13.5. The Kier molecular flexibility index (Phi) is 6.55. The second-order valence-electron chi connectivity index (χ2n) is 4.63. The van der Waals surface area contributed by atoms with Crippen LogP contribution in [0.5, 0.6) is 0 Å². The van der Waals surface area contributed by atoms with E-state index in [1.165, 1.54) is 0 Å². The maximum atomic E-state index is 11.6. The fourth-order valence-electron chi connectivity index (χ4n) is 1.38. The highest BCUT2D eigenvalue weighted by molar-refractivity contribution is 5.78. The molecule has 2 heteroatoms. The lowest BCUT2D eigenvalue weighted by atomic mass is 9.93. The predicted octanol–water partition coefficient (Wildman–Crippen LogP) is 3.72. The average molecular weight is 235 g/mol. The molecule has 0 aliphatic heterocycles. The number of nitrogens with one attached hydrogen (secondary N) is 1. The first-order valence-electron chi connectivity index (χ1n) is 6.31. The van der Waals surface area contributed by atoms with E-state index in [4.69, 9.17) is 0 Å². The van der Waals surface area contributed by atoms with Crippen molar-refractivity contribution in [2.75, 3.05) is 0 Å². The van der Waals surface area contributed by atoms with Gasteiger partial charge in [0.1, 0.15) is 0 Å². The summed E-state index contributed by atoms with van der Waals surface area (Å²) in [5.74, 6) is 0.108. The summed E-state index contributed by atoms with van der Waals surface area (Å²) in [6.07, 6.45) is 0. The van der Waals surface area contributed by atoms with Gasteiger partial charge >= 0.3 is 0 Å². The van der Waals surface area contributed by atoms with Crippen LogP contribution in [0.3, 0.4) is 0 Å². The highest BCUT2D eigenvalue weighted by Crippen LogP contribution is 2.19. The second kappa shape index (κ2) is 7.10. The smallest absolute Gasteiger partial charge is 0.223 e. The Bertz CT molecular complexity index is 328. The minimum absolute atomic E-state index is 0.0213. The van der Waals surface area contributed by atoms with Gasteiger partial charge in [-0.1, -0.05) is 58.0 Å². The summed E-state index contributed by atoms with van der Waals surface area (Å²) in [6.45, 7) is 11.8. The number of hydrogen-bond acceptors (Lipinski definition) is 1. The molecule has 96 valence electrons. The third-order valence-corrected chi connectivity index (χ3v) is 2.46. The van der Waals surface area contributed by atoms with Crippen molar-refractivity contribution in [3.8, 4) is 0 Å². The molecular formula is C15H25NO. The van der Waals surface area contributed by atoms with Crippen LogP contribution in [-0.2, 0) is 10.3 Å². The number of benzene rings is 1. The second-order valence-corrected chi connectivity index (χ2v) is 4.63. The molecule has 0 atom stereocenters. The molecule has 0 bridgehead atoms. The van der Waals surface area contributed by atoms with Crippen molar-refractivity contribution in [2.24, 2.45) is 5.92 Å². The quantitative estimate of drug-likeness (QED) is 0.850. The monoisotopic (exact) mass is 235 g/mol. The Labute approximate surface area is 105 Å². The average Bonchev–Trinajstić information content (AvgIpc) is 2.32. The fraction of sp³-hybridized carbons (Fsp3) is 0.533. The molecule has 0 aliphatic carbocycles. The minimum atomic E-state index is -0.303. The number of carbonyl (C=O) groups excluding carboxylic acids is 1. The number of hydrogen-bond donors (Lipinski definition) is 1. The topological polar surface area (TPSA) is 29.1 Å². The Morgan fingerprint density at radius 1 is 1.12 bits per heavy atom. The molecule has 0 saturated carbocycles. The first kappa shape index (κ1) is 15.7. The van der Waals surface area contributed by atoms with Crippen molar-refractivity contribution in [3.63, 3.8) is 0 Å². The molecule has 0 heterocycles. The number of amides is 1. The first-order valence-corrected chi connectivity index (χ1v) is 6.31. The summed E-state index contributed by atoms with van der Waals surface area (Å²) in [6, 6.07) is 10.0. The van der Waals surface area contributed by atoms with Gasteiger partial charge in [-0.25, -0.2) is 0 Å². The molecule has 0 aliphatic rings. The molecular weight excluding hydrogens is 210 g/mol. The third kappa shape index (κ3) is 5.03. The molecule has 0 unspecified atom stereocenters. The molecule has 1 rings (SSSR count). The maximum absolute atomic E-state index is 11.6. The van der Waals surface area contributed by atoms with Gasteiger partial charge in [-0.05, 0) is 19.4 Å². The van der Waals surface area contributed by atoms with Gasteiger partial charge < -0.3 is 5.32 Å². The van der Waals surface area contributed by atoms with E-state index in [2.05, 4.69) is 5.32 Å². The molecule has 0 spiro atoms. The van der Waals surface area contributed by atoms with E-state index in [-0.39, 0.29) is 17.4 Å². The molecule has 0 radical (unpaired) electrons. The van der Waals surface area contributed by atoms with Crippen molar-refractivity contribution < 1.29 is 4.79 Å². The largest absolute Gasteiger partial charge is 0.347 e. The van der Waals surface area contributed by atoms with Crippen LogP contribution in [0.2, 0.25) is 0 Å². The van der Waals surface area contributed by atoms with Crippen LogP contribution in [0.25, 0.3) is 0 Å². The fourth-order valence-corrected chi connectivity index (χ4v) is 1.38. The Morgan fingerprint density at radius 2 is 1.59 bits per heavy atom. The van der Waals surface area contributed by atoms with Gasteiger partial charge in [0.2, 0.25) is 5.91 Å². The van der Waals surface area contributed by atoms with Crippen LogP contribution in [0.1, 0.15) is 47.1 Å². The highest BCUT2D eigenvalue weighted by Gasteiger charge is 2.23. The van der Waals surface area contributed by atoms with Crippen molar-refractivity contribution >= 4 is 5.91 Å².